The van der Waals surface area contributed by atoms with Gasteiger partial charge in [-0.3, -0.25) is 0 Å². The average molecular weight is 208 g/mol. The lowest BCUT2D eigenvalue weighted by Gasteiger charge is -2.29. The number of esters is 1. The monoisotopic (exact) mass is 208 g/mol. The fourth-order valence-corrected chi connectivity index (χ4v) is 1.22. The summed E-state index contributed by atoms with van der Waals surface area (Å²) in [4.78, 5) is 11.4. The molecule has 4 nitrogen and oxygen atoms in total. The summed E-state index contributed by atoms with van der Waals surface area (Å²) in [7, 11) is 1.27. The molecule has 0 amide bonds. The van der Waals surface area contributed by atoms with Crippen LogP contribution in [-0.2, 0) is 14.7 Å². The van der Waals surface area contributed by atoms with Crippen LogP contribution in [-0.4, -0.2) is 18.6 Å². The Morgan fingerprint density at radius 2 is 1.80 bits per heavy atom. The first-order chi connectivity index (χ1) is 7.00. The molecule has 0 aliphatic heterocycles. The molecule has 0 aromatic heterocycles. The zero-order valence-corrected chi connectivity index (χ0v) is 9.06. The van der Waals surface area contributed by atoms with Crippen LogP contribution >= 0.6 is 0 Å². The van der Waals surface area contributed by atoms with Crippen LogP contribution in [0, 0.1) is 0 Å². The molecule has 0 N–H and O–H groups in total. The Morgan fingerprint density at radius 3 is 2.27 bits per heavy atom. The van der Waals surface area contributed by atoms with E-state index in [2.05, 4.69) is 4.74 Å². The second-order valence-electron chi connectivity index (χ2n) is 3.68. The molecule has 81 valence electrons. The van der Waals surface area contributed by atoms with Crippen molar-refractivity contribution < 1.29 is 14.7 Å². The molecule has 0 spiro atoms. The number of nitrogens with zero attached hydrogens (tertiary/aromatic N) is 1. The van der Waals surface area contributed by atoms with Crippen LogP contribution in [0.3, 0.4) is 0 Å². The predicted molar refractivity (Wildman–Crippen MR) is 55.7 cm³/mol. The third-order valence-corrected chi connectivity index (χ3v) is 2.18. The standard InChI is InChI=1S/C11H14NO3/c1-11(2,10(13)15-3)12(14)9-7-5-4-6-8-9/h4-8H,1-3H3. The summed E-state index contributed by atoms with van der Waals surface area (Å²) in [5.74, 6) is -0.554. The summed E-state index contributed by atoms with van der Waals surface area (Å²) in [6.45, 7) is 3.05. The topological polar surface area (TPSA) is 49.4 Å². The van der Waals surface area contributed by atoms with Gasteiger partial charge in [-0.05, 0) is 26.0 Å². The van der Waals surface area contributed by atoms with Gasteiger partial charge in [0.15, 0.2) is 5.54 Å². The van der Waals surface area contributed by atoms with Crippen molar-refractivity contribution in [3.63, 3.8) is 0 Å². The van der Waals surface area contributed by atoms with Crippen molar-refractivity contribution in [3.8, 4) is 0 Å². The van der Waals surface area contributed by atoms with Gasteiger partial charge >= 0.3 is 5.97 Å². The summed E-state index contributed by atoms with van der Waals surface area (Å²) in [5, 5.41) is 12.5. The van der Waals surface area contributed by atoms with Crippen molar-refractivity contribution >= 4 is 11.7 Å². The van der Waals surface area contributed by atoms with E-state index in [1.165, 1.54) is 21.0 Å². The molecule has 1 rings (SSSR count). The first kappa shape index (κ1) is 11.5. The zero-order chi connectivity index (χ0) is 11.5. The van der Waals surface area contributed by atoms with Gasteiger partial charge in [0.1, 0.15) is 0 Å². The largest absolute Gasteiger partial charge is 0.467 e. The van der Waals surface area contributed by atoms with Gasteiger partial charge in [-0.15, -0.1) is 0 Å². The van der Waals surface area contributed by atoms with Crippen LogP contribution < -0.4 is 5.06 Å². The van der Waals surface area contributed by atoms with Crippen LogP contribution in [0.25, 0.3) is 0 Å². The number of hydrogen-bond acceptors (Lipinski definition) is 3. The number of carbonyl (C=O) groups excluding carboxylic acids is 1. The molecule has 0 saturated carbocycles. The molecule has 1 radical (unpaired) electrons. The normalized spacial score (nSPS) is 10.9. The van der Waals surface area contributed by atoms with Crippen LogP contribution in [0.5, 0.6) is 0 Å². The van der Waals surface area contributed by atoms with Crippen molar-refractivity contribution in [1.29, 1.82) is 0 Å². The number of ether oxygens (including phenoxy) is 1. The Balaban J connectivity index is 2.94. The van der Waals surface area contributed by atoms with E-state index >= 15 is 0 Å². The zero-order valence-electron chi connectivity index (χ0n) is 9.06. The number of carbonyl (C=O) groups is 1. The van der Waals surface area contributed by atoms with Crippen molar-refractivity contribution in [1.82, 2.24) is 0 Å². The second-order valence-corrected chi connectivity index (χ2v) is 3.68. The summed E-state index contributed by atoms with van der Waals surface area (Å²) in [6.07, 6.45) is 0. The van der Waals surface area contributed by atoms with Crippen LogP contribution in [0.4, 0.5) is 5.69 Å². The number of para-hydroxylation sites is 1. The first-order valence-electron chi connectivity index (χ1n) is 4.61. The van der Waals surface area contributed by atoms with E-state index in [1.54, 1.807) is 24.3 Å². The molecule has 0 aliphatic rings. The third-order valence-electron chi connectivity index (χ3n) is 2.18. The molecule has 0 heterocycles. The lowest BCUT2D eigenvalue weighted by atomic mass is 10.0. The molecule has 0 unspecified atom stereocenters. The quantitative estimate of drug-likeness (QED) is 0.562. The van der Waals surface area contributed by atoms with E-state index in [-0.39, 0.29) is 0 Å². The van der Waals surface area contributed by atoms with E-state index in [9.17, 15) is 10.0 Å². The van der Waals surface area contributed by atoms with E-state index in [0.717, 1.165) is 0 Å². The van der Waals surface area contributed by atoms with Gasteiger partial charge < -0.3 is 4.74 Å². The summed E-state index contributed by atoms with van der Waals surface area (Å²) in [5.41, 5.74) is -0.774. The first-order valence-corrected chi connectivity index (χ1v) is 4.61. The van der Waals surface area contributed by atoms with Crippen molar-refractivity contribution in [2.45, 2.75) is 19.4 Å². The highest BCUT2D eigenvalue weighted by Gasteiger charge is 2.36. The van der Waals surface area contributed by atoms with Gasteiger partial charge in [-0.25, -0.2) is 9.86 Å². The molecule has 1 aromatic carbocycles. The Morgan fingerprint density at radius 1 is 1.27 bits per heavy atom. The number of rotatable bonds is 3. The predicted octanol–water partition coefficient (Wildman–Crippen LogP) is 1.79. The van der Waals surface area contributed by atoms with Crippen LogP contribution in [0.1, 0.15) is 13.8 Å². The fourth-order valence-electron chi connectivity index (χ4n) is 1.22. The number of hydroxylamine groups is 1. The van der Waals surface area contributed by atoms with Gasteiger partial charge in [0.25, 0.3) is 0 Å². The highest BCUT2D eigenvalue weighted by Crippen LogP contribution is 2.22. The smallest absolute Gasteiger partial charge is 0.333 e. The van der Waals surface area contributed by atoms with Crippen LogP contribution in [0.2, 0.25) is 0 Å². The lowest BCUT2D eigenvalue weighted by Crippen LogP contribution is -2.48. The van der Waals surface area contributed by atoms with Gasteiger partial charge in [0, 0.05) is 0 Å². The van der Waals surface area contributed by atoms with Gasteiger partial charge in [0.2, 0.25) is 0 Å². The van der Waals surface area contributed by atoms with Gasteiger partial charge in [0.05, 0.1) is 12.8 Å². The minimum Gasteiger partial charge on any atom is -0.467 e. The highest BCUT2D eigenvalue weighted by molar-refractivity contribution is 5.83. The van der Waals surface area contributed by atoms with Gasteiger partial charge in [-0.2, -0.15) is 0 Å². The summed E-state index contributed by atoms with van der Waals surface area (Å²) >= 11 is 0. The van der Waals surface area contributed by atoms with Crippen molar-refractivity contribution in [3.05, 3.63) is 30.3 Å². The second kappa shape index (κ2) is 4.31. The number of methoxy groups -OCH3 is 1. The Hall–Kier alpha value is -1.55. The molecular formula is C11H14NO3. The Labute approximate surface area is 89.0 Å². The molecule has 0 aliphatic carbocycles. The molecule has 0 saturated heterocycles. The Bertz CT molecular complexity index is 335. The average Bonchev–Trinajstić information content (AvgIpc) is 2.28. The molecule has 0 atom stereocenters. The van der Waals surface area contributed by atoms with Crippen molar-refractivity contribution in [2.24, 2.45) is 0 Å². The molecule has 1 aromatic rings. The minimum atomic E-state index is -1.21. The molecule has 0 bridgehead atoms. The SMILES string of the molecule is COC(=O)C(C)(C)N([O])c1ccccc1. The summed E-state index contributed by atoms with van der Waals surface area (Å²) < 4.78 is 4.58. The lowest BCUT2D eigenvalue weighted by molar-refractivity contribution is -0.149. The molecule has 15 heavy (non-hydrogen) atoms. The maximum atomic E-state index is 11.9. The van der Waals surface area contributed by atoms with Crippen LogP contribution in [0.15, 0.2) is 30.3 Å². The summed E-state index contributed by atoms with van der Waals surface area (Å²) in [6, 6.07) is 8.60. The van der Waals surface area contributed by atoms with E-state index in [1.807, 2.05) is 6.07 Å². The maximum absolute atomic E-state index is 11.9. The fraction of sp³-hybridized carbons (Fsp3) is 0.364. The van der Waals surface area contributed by atoms with Crippen molar-refractivity contribution in [2.75, 3.05) is 12.2 Å². The van der Waals surface area contributed by atoms with Gasteiger partial charge in [-0.1, -0.05) is 23.4 Å². The number of benzene rings is 1. The van der Waals surface area contributed by atoms with E-state index in [4.69, 9.17) is 0 Å². The van der Waals surface area contributed by atoms with E-state index < -0.39 is 11.5 Å². The number of anilines is 1. The molecule has 0 fully saturated rings. The van der Waals surface area contributed by atoms with E-state index in [0.29, 0.717) is 10.8 Å². The maximum Gasteiger partial charge on any atom is 0.333 e. The Kier molecular flexibility index (Phi) is 3.31. The minimum absolute atomic E-state index is 0.438. The molecular weight excluding hydrogens is 194 g/mol. The molecule has 4 heteroatoms. The number of hydrogen-bond donors (Lipinski definition) is 0. The highest BCUT2D eigenvalue weighted by atomic mass is 16.5. The third kappa shape index (κ3) is 2.27.